The van der Waals surface area contributed by atoms with Crippen molar-refractivity contribution in [2.45, 2.75) is 38.0 Å². The molecule has 6 heteroatoms. The Morgan fingerprint density at radius 1 is 1.83 bits per heavy atom. The van der Waals surface area contributed by atoms with Gasteiger partial charge in [-0.25, -0.2) is 0 Å². The summed E-state index contributed by atoms with van der Waals surface area (Å²) in [6.07, 6.45) is 1.22. The average molecular weight is 205 g/mol. The van der Waals surface area contributed by atoms with Crippen LogP contribution in [-0.2, 0) is 13.8 Å². The quantitative estimate of drug-likeness (QED) is 0.432. The zero-order chi connectivity index (χ0) is 9.14. The highest BCUT2D eigenvalue weighted by molar-refractivity contribution is 8.39. The average Bonchev–Trinajstić information content (AvgIpc) is 2.29. The summed E-state index contributed by atoms with van der Waals surface area (Å²) in [4.78, 5) is 0. The summed E-state index contributed by atoms with van der Waals surface area (Å²) in [5, 5.41) is 0. The van der Waals surface area contributed by atoms with Gasteiger partial charge < -0.3 is 4.74 Å². The van der Waals surface area contributed by atoms with E-state index in [1.54, 1.807) is 0 Å². The third-order valence-corrected chi connectivity index (χ3v) is 2.59. The van der Waals surface area contributed by atoms with Crippen LogP contribution in [0.4, 0.5) is 0 Å². The highest BCUT2D eigenvalue weighted by Gasteiger charge is 2.37. The fourth-order valence-electron chi connectivity index (χ4n) is 1.33. The second-order valence-corrected chi connectivity index (χ2v) is 4.40. The molecule has 2 radical (unpaired) electrons. The Morgan fingerprint density at radius 3 is 3.00 bits per heavy atom. The first-order chi connectivity index (χ1) is 5.63. The molecule has 1 heterocycles. The molecule has 1 rings (SSSR count). The molecule has 1 aliphatic heterocycles. The Kier molecular flexibility index (Phi) is 4.04. The van der Waals surface area contributed by atoms with Gasteiger partial charge in [0.2, 0.25) is 0 Å². The summed E-state index contributed by atoms with van der Waals surface area (Å²) in [6, 6.07) is -0.289. The molecule has 1 aliphatic rings. The standard InChI is InChI=1S/C6H10BO3PS/c1-2-4-5(10-11(8)12)3-6(7)9-4/h4-6H,2-3H2,1H3/p+1/t4-,5?,6-/m1/s1. The minimum atomic E-state index is -1.85. The van der Waals surface area contributed by atoms with Crippen molar-refractivity contribution in [2.24, 2.45) is 0 Å². The predicted octanol–water partition coefficient (Wildman–Crippen LogP) is 1.65. The van der Waals surface area contributed by atoms with Crippen LogP contribution in [0.5, 0.6) is 0 Å². The molecular weight excluding hydrogens is 194 g/mol. The van der Waals surface area contributed by atoms with Crippen molar-refractivity contribution in [3.8, 4) is 0 Å². The van der Waals surface area contributed by atoms with Crippen LogP contribution in [0, 0.1) is 0 Å². The van der Waals surface area contributed by atoms with Crippen LogP contribution in [0.1, 0.15) is 19.8 Å². The zero-order valence-corrected chi connectivity index (χ0v) is 8.63. The highest BCUT2D eigenvalue weighted by Crippen LogP contribution is 2.35. The molecule has 0 saturated carbocycles. The van der Waals surface area contributed by atoms with Gasteiger partial charge in [0.1, 0.15) is 26.2 Å². The van der Waals surface area contributed by atoms with E-state index in [0.29, 0.717) is 6.42 Å². The number of thiol groups is 1. The van der Waals surface area contributed by atoms with E-state index in [1.165, 1.54) is 0 Å². The molecule has 1 saturated heterocycles. The lowest BCUT2D eigenvalue weighted by atomic mass is 9.96. The van der Waals surface area contributed by atoms with Crippen LogP contribution in [0.3, 0.4) is 0 Å². The molecule has 0 aromatic carbocycles. The van der Waals surface area contributed by atoms with Gasteiger partial charge in [0.15, 0.2) is 0 Å². The molecule has 0 amide bonds. The third kappa shape index (κ3) is 2.73. The summed E-state index contributed by atoms with van der Waals surface area (Å²) in [6.45, 7) is 1.98. The normalized spacial score (nSPS) is 36.8. The van der Waals surface area contributed by atoms with Crippen molar-refractivity contribution in [2.75, 3.05) is 0 Å². The Morgan fingerprint density at radius 2 is 2.50 bits per heavy atom. The van der Waals surface area contributed by atoms with Gasteiger partial charge in [-0.3, -0.25) is 0 Å². The van der Waals surface area contributed by atoms with Gasteiger partial charge in [0.05, 0.1) is 6.10 Å². The van der Waals surface area contributed by atoms with E-state index in [0.717, 1.165) is 6.42 Å². The molecule has 12 heavy (non-hydrogen) atoms. The fraction of sp³-hybridized carbons (Fsp3) is 1.00. The minimum absolute atomic E-state index is 0.0360. The summed E-state index contributed by atoms with van der Waals surface area (Å²) in [5.41, 5.74) is 0. The van der Waals surface area contributed by atoms with Crippen molar-refractivity contribution in [3.05, 3.63) is 0 Å². The highest BCUT2D eigenvalue weighted by atomic mass is 32.7. The van der Waals surface area contributed by atoms with Gasteiger partial charge in [0.25, 0.3) is 0 Å². The number of rotatable bonds is 3. The Labute approximate surface area is 79.6 Å². The molecule has 0 aromatic rings. The van der Waals surface area contributed by atoms with E-state index in [1.807, 2.05) is 6.92 Å². The lowest BCUT2D eigenvalue weighted by Crippen LogP contribution is -2.20. The van der Waals surface area contributed by atoms with Crippen LogP contribution < -0.4 is 0 Å². The first kappa shape index (κ1) is 10.5. The van der Waals surface area contributed by atoms with E-state index in [2.05, 4.69) is 12.2 Å². The van der Waals surface area contributed by atoms with E-state index in [-0.39, 0.29) is 18.2 Å². The lowest BCUT2D eigenvalue weighted by molar-refractivity contribution is 0.0438. The Balaban J connectivity index is 2.46. The van der Waals surface area contributed by atoms with Gasteiger partial charge >= 0.3 is 7.23 Å². The van der Waals surface area contributed by atoms with Crippen LogP contribution in [0.2, 0.25) is 0 Å². The van der Waals surface area contributed by atoms with Gasteiger partial charge in [-0.1, -0.05) is 6.92 Å². The largest absolute Gasteiger partial charge is 0.582 e. The Bertz CT molecular complexity index is 180. The van der Waals surface area contributed by atoms with Crippen molar-refractivity contribution >= 4 is 27.3 Å². The van der Waals surface area contributed by atoms with Gasteiger partial charge in [-0.2, -0.15) is 0 Å². The predicted molar refractivity (Wildman–Crippen MR) is 50.8 cm³/mol. The van der Waals surface area contributed by atoms with E-state index in [9.17, 15) is 4.57 Å². The van der Waals surface area contributed by atoms with Gasteiger partial charge in [-0.15, -0.1) is 4.52 Å². The van der Waals surface area contributed by atoms with E-state index in [4.69, 9.17) is 17.1 Å². The number of hydrogen-bond acceptors (Lipinski definition) is 3. The van der Waals surface area contributed by atoms with Gasteiger partial charge in [0, 0.05) is 6.00 Å². The van der Waals surface area contributed by atoms with Crippen molar-refractivity contribution in [1.29, 1.82) is 0 Å². The molecule has 4 atom stereocenters. The zero-order valence-electron chi connectivity index (χ0n) is 6.84. The van der Waals surface area contributed by atoms with E-state index >= 15 is 0 Å². The molecule has 2 unspecified atom stereocenters. The van der Waals surface area contributed by atoms with E-state index < -0.39 is 7.23 Å². The Hall–Kier alpha value is 0.435. The monoisotopic (exact) mass is 205 g/mol. The molecule has 3 nitrogen and oxygen atoms in total. The summed E-state index contributed by atoms with van der Waals surface area (Å²) >= 11 is 3.67. The molecule has 0 aliphatic carbocycles. The summed E-state index contributed by atoms with van der Waals surface area (Å²) in [7, 11) is 3.69. The molecule has 0 aromatic heterocycles. The fourth-order valence-corrected chi connectivity index (χ4v) is 2.15. The maximum atomic E-state index is 10.7. The van der Waals surface area contributed by atoms with Crippen molar-refractivity contribution in [1.82, 2.24) is 0 Å². The molecule has 1 fully saturated rings. The second-order valence-electron chi connectivity index (χ2n) is 2.74. The topological polar surface area (TPSA) is 35.5 Å². The number of ether oxygens (including phenoxy) is 1. The molecule has 0 N–H and O–H groups in total. The number of hydrogen-bond donors (Lipinski definition) is 1. The van der Waals surface area contributed by atoms with Crippen molar-refractivity contribution in [3.63, 3.8) is 0 Å². The molecule has 66 valence electrons. The second kappa shape index (κ2) is 4.61. The van der Waals surface area contributed by atoms with Crippen LogP contribution in [0.15, 0.2) is 0 Å². The van der Waals surface area contributed by atoms with Crippen LogP contribution in [-0.4, -0.2) is 26.1 Å². The maximum Gasteiger partial charge on any atom is 0.582 e. The maximum absolute atomic E-state index is 10.7. The SMILES string of the molecule is [B][C@H]1CC(O[P+](=O)S)[C@@H](CC)O1. The smallest absolute Gasteiger partial charge is 0.382 e. The first-order valence-corrected chi connectivity index (χ1v) is 6.20. The van der Waals surface area contributed by atoms with Crippen LogP contribution in [0.25, 0.3) is 0 Å². The first-order valence-electron chi connectivity index (χ1n) is 3.87. The molecule has 0 bridgehead atoms. The summed E-state index contributed by atoms with van der Waals surface area (Å²) < 4.78 is 21.0. The van der Waals surface area contributed by atoms with Crippen molar-refractivity contribution < 1.29 is 13.8 Å². The van der Waals surface area contributed by atoms with Gasteiger partial charge in [-0.05, 0) is 17.4 Å². The third-order valence-electron chi connectivity index (χ3n) is 1.86. The van der Waals surface area contributed by atoms with Crippen LogP contribution >= 0.6 is 19.5 Å². The lowest BCUT2D eigenvalue weighted by Gasteiger charge is -2.10. The molecular formula is C6H11BO3PS+. The summed E-state index contributed by atoms with van der Waals surface area (Å²) in [5.74, 6) is 0. The molecule has 0 spiro atoms. The minimum Gasteiger partial charge on any atom is -0.382 e.